The van der Waals surface area contributed by atoms with Gasteiger partial charge in [0.05, 0.1) is 0 Å². The number of halogens is 2. The number of carbonyl (C=O) groups is 1. The molecule has 0 fully saturated rings. The lowest BCUT2D eigenvalue weighted by Crippen LogP contribution is -2.37. The Labute approximate surface area is 143 Å². The first-order valence-corrected chi connectivity index (χ1v) is 8.16. The highest BCUT2D eigenvalue weighted by Crippen LogP contribution is 2.18. The van der Waals surface area contributed by atoms with E-state index in [4.69, 9.17) is 16.3 Å². The number of rotatable bonds is 6. The normalized spacial score (nSPS) is 11.8. The molecular weight excluding hydrogens is 366 g/mol. The second-order valence-electron chi connectivity index (χ2n) is 4.85. The Morgan fingerprint density at radius 3 is 2.77 bits per heavy atom. The van der Waals surface area contributed by atoms with E-state index in [1.807, 2.05) is 24.3 Å². The third-order valence-electron chi connectivity index (χ3n) is 3.13. The standard InChI is InChI=1S/C17H17BrClNO2/c1-12(22-15-7-4-6-14(19)11-15)17(21)20-10-9-13-5-2-3-8-16(13)18/h2-8,11-12H,9-10H2,1H3,(H,20,21). The molecule has 1 N–H and O–H groups in total. The van der Waals surface area contributed by atoms with Crippen molar-refractivity contribution >= 4 is 33.4 Å². The third-order valence-corrected chi connectivity index (χ3v) is 4.14. The van der Waals surface area contributed by atoms with Gasteiger partial charge in [-0.3, -0.25) is 4.79 Å². The molecule has 2 aromatic rings. The number of hydrogen-bond acceptors (Lipinski definition) is 2. The fourth-order valence-electron chi connectivity index (χ4n) is 1.96. The molecule has 0 aliphatic rings. The van der Waals surface area contributed by atoms with Crippen molar-refractivity contribution in [3.63, 3.8) is 0 Å². The monoisotopic (exact) mass is 381 g/mol. The third kappa shape index (κ3) is 5.04. The molecule has 1 atom stereocenters. The molecule has 3 nitrogen and oxygen atoms in total. The summed E-state index contributed by atoms with van der Waals surface area (Å²) in [5, 5.41) is 3.46. The van der Waals surface area contributed by atoms with Crippen LogP contribution in [0.5, 0.6) is 5.75 Å². The topological polar surface area (TPSA) is 38.3 Å². The first kappa shape index (κ1) is 16.8. The molecule has 0 saturated heterocycles. The molecule has 2 aromatic carbocycles. The van der Waals surface area contributed by atoms with Crippen LogP contribution in [0.4, 0.5) is 0 Å². The molecule has 0 aliphatic carbocycles. The van der Waals surface area contributed by atoms with Crippen molar-refractivity contribution in [2.75, 3.05) is 6.54 Å². The van der Waals surface area contributed by atoms with Gasteiger partial charge >= 0.3 is 0 Å². The van der Waals surface area contributed by atoms with Gasteiger partial charge < -0.3 is 10.1 Å². The average Bonchev–Trinajstić information content (AvgIpc) is 2.49. The number of nitrogens with one attached hydrogen (secondary N) is 1. The quantitative estimate of drug-likeness (QED) is 0.812. The molecule has 2 rings (SSSR count). The number of hydrogen-bond donors (Lipinski definition) is 1. The minimum atomic E-state index is -0.572. The minimum absolute atomic E-state index is 0.146. The van der Waals surface area contributed by atoms with Crippen molar-refractivity contribution in [2.24, 2.45) is 0 Å². The Balaban J connectivity index is 1.80. The molecule has 1 unspecified atom stereocenters. The van der Waals surface area contributed by atoms with Gasteiger partial charge in [-0.05, 0) is 43.2 Å². The van der Waals surface area contributed by atoms with E-state index in [9.17, 15) is 4.79 Å². The van der Waals surface area contributed by atoms with Crippen molar-refractivity contribution in [1.29, 1.82) is 0 Å². The second-order valence-corrected chi connectivity index (χ2v) is 6.14. The molecule has 0 saturated carbocycles. The van der Waals surface area contributed by atoms with Gasteiger partial charge in [0.1, 0.15) is 5.75 Å². The van der Waals surface area contributed by atoms with Crippen LogP contribution in [0, 0.1) is 0 Å². The van der Waals surface area contributed by atoms with Crippen molar-refractivity contribution in [3.05, 3.63) is 63.6 Å². The zero-order valence-corrected chi connectivity index (χ0v) is 14.5. The number of amides is 1. The lowest BCUT2D eigenvalue weighted by molar-refractivity contribution is -0.127. The Kier molecular flexibility index (Phi) is 6.28. The van der Waals surface area contributed by atoms with E-state index in [-0.39, 0.29) is 5.91 Å². The highest BCUT2D eigenvalue weighted by Gasteiger charge is 2.14. The second kappa shape index (κ2) is 8.20. The molecule has 1 amide bonds. The zero-order valence-electron chi connectivity index (χ0n) is 12.2. The Hall–Kier alpha value is -1.52. The van der Waals surface area contributed by atoms with E-state index in [1.165, 1.54) is 0 Å². The summed E-state index contributed by atoms with van der Waals surface area (Å²) < 4.78 is 6.63. The maximum atomic E-state index is 12.0. The van der Waals surface area contributed by atoms with Crippen molar-refractivity contribution < 1.29 is 9.53 Å². The van der Waals surface area contributed by atoms with Gasteiger partial charge in [-0.2, -0.15) is 0 Å². The zero-order chi connectivity index (χ0) is 15.9. The van der Waals surface area contributed by atoms with E-state index in [2.05, 4.69) is 21.2 Å². The fourth-order valence-corrected chi connectivity index (χ4v) is 2.63. The summed E-state index contributed by atoms with van der Waals surface area (Å²) >= 11 is 9.38. The number of benzene rings is 2. The highest BCUT2D eigenvalue weighted by molar-refractivity contribution is 9.10. The number of ether oxygens (including phenoxy) is 1. The summed E-state index contributed by atoms with van der Waals surface area (Å²) in [5.74, 6) is 0.438. The Morgan fingerprint density at radius 2 is 2.05 bits per heavy atom. The maximum Gasteiger partial charge on any atom is 0.260 e. The van der Waals surface area contributed by atoms with Gasteiger partial charge in [0, 0.05) is 16.0 Å². The van der Waals surface area contributed by atoms with Crippen LogP contribution in [-0.2, 0) is 11.2 Å². The van der Waals surface area contributed by atoms with Crippen LogP contribution in [0.15, 0.2) is 53.0 Å². The fraction of sp³-hybridized carbons (Fsp3) is 0.235. The van der Waals surface area contributed by atoms with Crippen LogP contribution in [0.25, 0.3) is 0 Å². The largest absolute Gasteiger partial charge is 0.481 e. The van der Waals surface area contributed by atoms with Crippen LogP contribution in [-0.4, -0.2) is 18.6 Å². The van der Waals surface area contributed by atoms with E-state index < -0.39 is 6.10 Å². The summed E-state index contributed by atoms with van der Waals surface area (Å²) in [6, 6.07) is 15.0. The molecule has 0 spiro atoms. The summed E-state index contributed by atoms with van der Waals surface area (Å²) in [6.45, 7) is 2.28. The van der Waals surface area contributed by atoms with Gasteiger partial charge in [0.15, 0.2) is 6.10 Å². The van der Waals surface area contributed by atoms with Gasteiger partial charge in [0.2, 0.25) is 0 Å². The molecule has 116 valence electrons. The summed E-state index contributed by atoms with van der Waals surface area (Å²) in [4.78, 5) is 12.0. The first-order valence-electron chi connectivity index (χ1n) is 6.99. The lowest BCUT2D eigenvalue weighted by atomic mass is 10.1. The van der Waals surface area contributed by atoms with Gasteiger partial charge in [0.25, 0.3) is 5.91 Å². The van der Waals surface area contributed by atoms with Crippen LogP contribution >= 0.6 is 27.5 Å². The minimum Gasteiger partial charge on any atom is -0.481 e. The van der Waals surface area contributed by atoms with Crippen molar-refractivity contribution in [3.8, 4) is 5.75 Å². The average molecular weight is 383 g/mol. The maximum absolute atomic E-state index is 12.0. The summed E-state index contributed by atoms with van der Waals surface area (Å²) in [5.41, 5.74) is 1.16. The predicted molar refractivity (Wildman–Crippen MR) is 92.4 cm³/mol. The highest BCUT2D eigenvalue weighted by atomic mass is 79.9. The van der Waals surface area contributed by atoms with Crippen LogP contribution in [0.1, 0.15) is 12.5 Å². The molecule has 0 radical (unpaired) electrons. The Morgan fingerprint density at radius 1 is 1.27 bits per heavy atom. The smallest absolute Gasteiger partial charge is 0.260 e. The van der Waals surface area contributed by atoms with Crippen molar-refractivity contribution in [2.45, 2.75) is 19.4 Å². The molecule has 22 heavy (non-hydrogen) atoms. The van der Waals surface area contributed by atoms with Gasteiger partial charge in [-0.15, -0.1) is 0 Å². The molecule has 0 heterocycles. The summed E-state index contributed by atoms with van der Waals surface area (Å²) in [6.07, 6.45) is 0.189. The molecule has 0 bridgehead atoms. The number of carbonyl (C=O) groups excluding carboxylic acids is 1. The SMILES string of the molecule is CC(Oc1cccc(Cl)c1)C(=O)NCCc1ccccc1Br. The van der Waals surface area contributed by atoms with Crippen molar-refractivity contribution in [1.82, 2.24) is 5.32 Å². The molecule has 5 heteroatoms. The van der Waals surface area contributed by atoms with E-state index >= 15 is 0 Å². The molecule has 0 aromatic heterocycles. The van der Waals surface area contributed by atoms with E-state index in [1.54, 1.807) is 31.2 Å². The van der Waals surface area contributed by atoms with Crippen LogP contribution in [0.2, 0.25) is 5.02 Å². The van der Waals surface area contributed by atoms with E-state index in [0.29, 0.717) is 17.3 Å². The van der Waals surface area contributed by atoms with Gasteiger partial charge in [-0.25, -0.2) is 0 Å². The summed E-state index contributed by atoms with van der Waals surface area (Å²) in [7, 11) is 0. The Bertz CT molecular complexity index is 648. The van der Waals surface area contributed by atoms with E-state index in [0.717, 1.165) is 16.5 Å². The predicted octanol–water partition coefficient (Wildman–Crippen LogP) is 4.23. The van der Waals surface area contributed by atoms with Crippen LogP contribution < -0.4 is 10.1 Å². The van der Waals surface area contributed by atoms with Gasteiger partial charge in [-0.1, -0.05) is 51.8 Å². The molecule has 0 aliphatic heterocycles. The molecular formula is C17H17BrClNO2. The van der Waals surface area contributed by atoms with Crippen LogP contribution in [0.3, 0.4) is 0 Å². The first-order chi connectivity index (χ1) is 10.6. The lowest BCUT2D eigenvalue weighted by Gasteiger charge is -2.15.